The van der Waals surface area contributed by atoms with E-state index in [9.17, 15) is 22.8 Å². The molecule has 176 valence electrons. The van der Waals surface area contributed by atoms with E-state index in [0.29, 0.717) is 28.9 Å². The number of fused-ring (bicyclic) bond motifs is 1. The first-order chi connectivity index (χ1) is 16.0. The van der Waals surface area contributed by atoms with Crippen molar-refractivity contribution in [1.29, 1.82) is 0 Å². The van der Waals surface area contributed by atoms with Crippen LogP contribution in [-0.2, 0) is 17.4 Å². The number of carbonyl (C=O) groups is 2. The van der Waals surface area contributed by atoms with Crippen molar-refractivity contribution in [1.82, 2.24) is 15.1 Å². The van der Waals surface area contributed by atoms with E-state index in [1.165, 1.54) is 23.5 Å². The van der Waals surface area contributed by atoms with Gasteiger partial charge in [0.15, 0.2) is 0 Å². The molecule has 0 aliphatic rings. The van der Waals surface area contributed by atoms with E-state index in [1.54, 1.807) is 24.6 Å². The Morgan fingerprint density at radius 3 is 2.56 bits per heavy atom. The number of carbonyl (C=O) groups excluding carboxylic acids is 2. The molecule has 0 aliphatic carbocycles. The van der Waals surface area contributed by atoms with Crippen LogP contribution in [0.4, 0.5) is 13.2 Å². The Labute approximate surface area is 197 Å². The van der Waals surface area contributed by atoms with Gasteiger partial charge in [0.1, 0.15) is 0 Å². The van der Waals surface area contributed by atoms with Gasteiger partial charge in [0.05, 0.1) is 39.4 Å². The van der Waals surface area contributed by atoms with Crippen LogP contribution in [0.5, 0.6) is 0 Å². The van der Waals surface area contributed by atoms with Gasteiger partial charge in [0.25, 0.3) is 5.91 Å². The van der Waals surface area contributed by atoms with E-state index >= 15 is 0 Å². The lowest BCUT2D eigenvalue weighted by Crippen LogP contribution is -2.33. The van der Waals surface area contributed by atoms with Crippen LogP contribution < -0.4 is 11.1 Å². The Morgan fingerprint density at radius 1 is 1.12 bits per heavy atom. The summed E-state index contributed by atoms with van der Waals surface area (Å²) in [6.45, 7) is 3.19. The Balaban J connectivity index is 1.69. The van der Waals surface area contributed by atoms with Gasteiger partial charge in [-0.25, -0.2) is 4.68 Å². The summed E-state index contributed by atoms with van der Waals surface area (Å²) in [4.78, 5) is 24.5. The average Bonchev–Trinajstić information content (AvgIpc) is 3.31. The number of alkyl halides is 3. The molecule has 0 aliphatic heterocycles. The number of aromatic nitrogens is 2. The van der Waals surface area contributed by atoms with E-state index < -0.39 is 23.6 Å². The standard InChI is InChI=1S/C24H21F3N4O2S/c1-13-21(23(33)29-12-20(28)32)14(2)31(30-13)19-8-4-6-16-11-18(34-22(16)19)10-15-5-3-7-17(9-15)24(25,26)27/h3-9,11H,10,12H2,1-2H3,(H2,28,32)(H,29,33). The second-order valence-electron chi connectivity index (χ2n) is 7.89. The average molecular weight is 487 g/mol. The summed E-state index contributed by atoms with van der Waals surface area (Å²) >= 11 is 1.47. The van der Waals surface area contributed by atoms with Gasteiger partial charge in [0.2, 0.25) is 5.91 Å². The maximum atomic E-state index is 13.1. The van der Waals surface area contributed by atoms with Gasteiger partial charge in [-0.3, -0.25) is 9.59 Å². The molecule has 0 unspecified atom stereocenters. The molecule has 0 fully saturated rings. The first-order valence-electron chi connectivity index (χ1n) is 10.3. The van der Waals surface area contributed by atoms with Crippen molar-refractivity contribution in [3.8, 4) is 5.69 Å². The monoisotopic (exact) mass is 486 g/mol. The molecule has 4 aromatic rings. The van der Waals surface area contributed by atoms with Crippen molar-refractivity contribution < 1.29 is 22.8 Å². The van der Waals surface area contributed by atoms with Gasteiger partial charge in [-0.2, -0.15) is 18.3 Å². The van der Waals surface area contributed by atoms with Crippen LogP contribution in [0.25, 0.3) is 15.8 Å². The number of nitrogens with two attached hydrogens (primary N) is 1. The van der Waals surface area contributed by atoms with Crippen LogP contribution in [0.2, 0.25) is 0 Å². The molecule has 2 heterocycles. The minimum atomic E-state index is -4.39. The highest BCUT2D eigenvalue weighted by Crippen LogP contribution is 2.34. The number of hydrogen-bond acceptors (Lipinski definition) is 4. The normalized spacial score (nSPS) is 11.7. The number of primary amides is 1. The Kier molecular flexibility index (Phi) is 6.18. The van der Waals surface area contributed by atoms with Crippen LogP contribution in [0.3, 0.4) is 0 Å². The van der Waals surface area contributed by atoms with Crippen molar-refractivity contribution in [2.45, 2.75) is 26.4 Å². The number of hydrogen-bond donors (Lipinski definition) is 2. The molecule has 0 saturated carbocycles. The largest absolute Gasteiger partial charge is 0.416 e. The number of benzene rings is 2. The van der Waals surface area contributed by atoms with Crippen molar-refractivity contribution in [3.63, 3.8) is 0 Å². The van der Waals surface area contributed by atoms with E-state index in [1.807, 2.05) is 24.3 Å². The Bertz CT molecular complexity index is 1410. The number of halogens is 3. The Morgan fingerprint density at radius 2 is 1.85 bits per heavy atom. The summed E-state index contributed by atoms with van der Waals surface area (Å²) in [5.41, 5.74) is 7.22. The summed E-state index contributed by atoms with van der Waals surface area (Å²) in [5.74, 6) is -1.09. The van der Waals surface area contributed by atoms with Crippen molar-refractivity contribution in [2.75, 3.05) is 6.54 Å². The molecule has 34 heavy (non-hydrogen) atoms. The number of aryl methyl sites for hydroxylation is 1. The Hall–Kier alpha value is -3.66. The summed E-state index contributed by atoms with van der Waals surface area (Å²) < 4.78 is 41.8. The van der Waals surface area contributed by atoms with Crippen LogP contribution in [-0.4, -0.2) is 28.1 Å². The van der Waals surface area contributed by atoms with Crippen molar-refractivity contribution >= 4 is 33.2 Å². The molecular weight excluding hydrogens is 465 g/mol. The maximum absolute atomic E-state index is 13.1. The molecule has 10 heteroatoms. The highest BCUT2D eigenvalue weighted by atomic mass is 32.1. The SMILES string of the molecule is Cc1nn(-c2cccc3cc(Cc4cccc(C(F)(F)F)c4)sc23)c(C)c1C(=O)NCC(N)=O. The minimum absolute atomic E-state index is 0.275. The molecule has 4 rings (SSSR count). The van der Waals surface area contributed by atoms with E-state index in [0.717, 1.165) is 26.7 Å². The molecular formula is C24H21F3N4O2S. The molecule has 0 radical (unpaired) electrons. The first-order valence-corrected chi connectivity index (χ1v) is 11.2. The van der Waals surface area contributed by atoms with Gasteiger partial charge in [-0.1, -0.05) is 30.3 Å². The van der Waals surface area contributed by atoms with Crippen LogP contribution in [0.1, 0.15) is 37.7 Å². The predicted molar refractivity (Wildman–Crippen MR) is 124 cm³/mol. The van der Waals surface area contributed by atoms with Gasteiger partial charge >= 0.3 is 6.18 Å². The number of thiophene rings is 1. The number of amides is 2. The van der Waals surface area contributed by atoms with Crippen LogP contribution in [0.15, 0.2) is 48.5 Å². The lowest BCUT2D eigenvalue weighted by molar-refractivity contribution is -0.137. The third kappa shape index (κ3) is 4.67. The summed E-state index contributed by atoms with van der Waals surface area (Å²) in [5, 5.41) is 7.94. The quantitative estimate of drug-likeness (QED) is 0.420. The summed E-state index contributed by atoms with van der Waals surface area (Å²) in [6, 6.07) is 12.9. The first kappa shape index (κ1) is 23.5. The van der Waals surface area contributed by atoms with Crippen LogP contribution >= 0.6 is 11.3 Å². The topological polar surface area (TPSA) is 90.0 Å². The predicted octanol–water partition coefficient (Wildman–Crippen LogP) is 4.53. The molecule has 0 atom stereocenters. The maximum Gasteiger partial charge on any atom is 0.416 e. The zero-order chi connectivity index (χ0) is 24.6. The van der Waals surface area contributed by atoms with Crippen LogP contribution in [0, 0.1) is 13.8 Å². The summed E-state index contributed by atoms with van der Waals surface area (Å²) in [7, 11) is 0. The second kappa shape index (κ2) is 8.94. The van der Waals surface area contributed by atoms with Crippen molar-refractivity contribution in [2.24, 2.45) is 5.73 Å². The molecule has 3 N–H and O–H groups in total. The van der Waals surface area contributed by atoms with Crippen molar-refractivity contribution in [3.05, 3.63) is 81.5 Å². The number of nitrogens with zero attached hydrogens (tertiary/aromatic N) is 2. The fraction of sp³-hybridized carbons (Fsp3) is 0.208. The van der Waals surface area contributed by atoms with Gasteiger partial charge in [-0.05, 0) is 43.0 Å². The number of rotatable bonds is 6. The third-order valence-electron chi connectivity index (χ3n) is 5.38. The lowest BCUT2D eigenvalue weighted by Gasteiger charge is -2.08. The molecule has 0 saturated heterocycles. The van der Waals surface area contributed by atoms with E-state index in [-0.39, 0.29) is 6.54 Å². The van der Waals surface area contributed by atoms with E-state index in [2.05, 4.69) is 10.4 Å². The highest BCUT2D eigenvalue weighted by Gasteiger charge is 2.30. The van der Waals surface area contributed by atoms with Gasteiger partial charge in [-0.15, -0.1) is 11.3 Å². The highest BCUT2D eigenvalue weighted by molar-refractivity contribution is 7.19. The third-order valence-corrected chi connectivity index (χ3v) is 6.55. The minimum Gasteiger partial charge on any atom is -0.368 e. The molecule has 2 aromatic heterocycles. The molecule has 0 spiro atoms. The fourth-order valence-electron chi connectivity index (χ4n) is 3.88. The zero-order valence-corrected chi connectivity index (χ0v) is 19.2. The molecule has 2 amide bonds. The second-order valence-corrected chi connectivity index (χ2v) is 9.03. The number of nitrogens with one attached hydrogen (secondary N) is 1. The smallest absolute Gasteiger partial charge is 0.368 e. The fourth-order valence-corrected chi connectivity index (χ4v) is 5.07. The van der Waals surface area contributed by atoms with Gasteiger partial charge < -0.3 is 11.1 Å². The van der Waals surface area contributed by atoms with E-state index in [4.69, 9.17) is 5.73 Å². The molecule has 0 bridgehead atoms. The summed E-state index contributed by atoms with van der Waals surface area (Å²) in [6.07, 6.45) is -4.03. The zero-order valence-electron chi connectivity index (χ0n) is 18.4. The lowest BCUT2D eigenvalue weighted by atomic mass is 10.1. The molecule has 2 aromatic carbocycles. The van der Waals surface area contributed by atoms with Gasteiger partial charge in [0, 0.05) is 11.3 Å². The molecule has 6 nitrogen and oxygen atoms in total.